The lowest BCUT2D eigenvalue weighted by atomic mass is 10.2. The number of guanidine groups is 1. The van der Waals surface area contributed by atoms with Crippen LogP contribution in [0.4, 0.5) is 11.4 Å². The molecule has 3 nitrogen and oxygen atoms in total. The quantitative estimate of drug-likeness (QED) is 0.341. The Hall–Kier alpha value is -1.18. The van der Waals surface area contributed by atoms with Gasteiger partial charge in [-0.1, -0.05) is 36.0 Å². The normalized spacial score (nSPS) is 11.3. The second kappa shape index (κ2) is 7.20. The minimum Gasteiger partial charge on any atom is -0.369 e. The lowest BCUT2D eigenvalue weighted by Gasteiger charge is -2.18. The molecular formula is C15H13ClIN3S. The van der Waals surface area contributed by atoms with Gasteiger partial charge in [0, 0.05) is 21.7 Å². The van der Waals surface area contributed by atoms with Gasteiger partial charge in [-0.3, -0.25) is 0 Å². The SMILES string of the molecule is CN(C(N)=Nc1cc(C=S)ccc1Cl)c1cccc(I)c1. The Morgan fingerprint density at radius 1 is 1.33 bits per heavy atom. The van der Waals surface area contributed by atoms with Crippen LogP contribution in [0, 0.1) is 3.57 Å². The summed E-state index contributed by atoms with van der Waals surface area (Å²) in [7, 11) is 1.86. The first-order valence-electron chi connectivity index (χ1n) is 6.09. The van der Waals surface area contributed by atoms with Gasteiger partial charge in [0.15, 0.2) is 0 Å². The van der Waals surface area contributed by atoms with E-state index < -0.39 is 0 Å². The summed E-state index contributed by atoms with van der Waals surface area (Å²) < 4.78 is 1.13. The van der Waals surface area contributed by atoms with Gasteiger partial charge in [0.2, 0.25) is 5.96 Å². The van der Waals surface area contributed by atoms with Crippen molar-refractivity contribution in [2.45, 2.75) is 0 Å². The molecule has 0 amide bonds. The van der Waals surface area contributed by atoms with Crippen LogP contribution in [0.2, 0.25) is 5.02 Å². The molecule has 0 atom stereocenters. The first kappa shape index (κ1) is 16.2. The first-order chi connectivity index (χ1) is 10.0. The van der Waals surface area contributed by atoms with Crippen LogP contribution in [0.3, 0.4) is 0 Å². The minimum absolute atomic E-state index is 0.361. The molecule has 2 aromatic rings. The molecular weight excluding hydrogens is 417 g/mol. The topological polar surface area (TPSA) is 41.6 Å². The highest BCUT2D eigenvalue weighted by Gasteiger charge is 2.07. The van der Waals surface area contributed by atoms with E-state index in [2.05, 4.69) is 27.6 Å². The standard InChI is InChI=1S/C15H13ClIN3S/c1-20(12-4-2-3-11(17)8-12)15(18)19-14-7-10(9-21)5-6-13(14)16/h2-9H,1H3,(H2,18,19). The lowest BCUT2D eigenvalue weighted by Crippen LogP contribution is -2.33. The van der Waals surface area contributed by atoms with Crippen molar-refractivity contribution in [1.82, 2.24) is 0 Å². The summed E-state index contributed by atoms with van der Waals surface area (Å²) in [5.74, 6) is 0.361. The number of anilines is 1. The number of thiocarbonyl (C=S) groups is 1. The number of rotatable bonds is 3. The van der Waals surface area contributed by atoms with Gasteiger partial charge in [-0.25, -0.2) is 4.99 Å². The summed E-state index contributed by atoms with van der Waals surface area (Å²) in [5, 5.41) is 2.11. The molecule has 0 radical (unpaired) electrons. The van der Waals surface area contributed by atoms with Crippen molar-refractivity contribution >= 4 is 69.1 Å². The molecule has 0 heterocycles. The van der Waals surface area contributed by atoms with Gasteiger partial charge in [0.25, 0.3) is 0 Å². The molecule has 0 saturated heterocycles. The molecule has 2 aromatic carbocycles. The number of nitrogens with zero attached hydrogens (tertiary/aromatic N) is 2. The summed E-state index contributed by atoms with van der Waals surface area (Å²) in [5.41, 5.74) is 8.51. The van der Waals surface area contributed by atoms with Crippen LogP contribution in [-0.4, -0.2) is 18.4 Å². The number of nitrogens with two attached hydrogens (primary N) is 1. The molecule has 2 N–H and O–H groups in total. The molecule has 0 spiro atoms. The molecule has 0 aliphatic heterocycles. The molecule has 0 bridgehead atoms. The predicted molar refractivity (Wildman–Crippen MR) is 103 cm³/mol. The average molecular weight is 430 g/mol. The highest BCUT2D eigenvalue weighted by Crippen LogP contribution is 2.26. The molecule has 6 heteroatoms. The van der Waals surface area contributed by atoms with Crippen molar-refractivity contribution in [3.63, 3.8) is 0 Å². The van der Waals surface area contributed by atoms with Crippen LogP contribution in [-0.2, 0) is 0 Å². The maximum absolute atomic E-state index is 6.14. The number of hydrogen-bond donors (Lipinski definition) is 1. The third-order valence-electron chi connectivity index (χ3n) is 2.88. The molecule has 0 aliphatic carbocycles. The van der Waals surface area contributed by atoms with E-state index in [0.29, 0.717) is 16.7 Å². The van der Waals surface area contributed by atoms with E-state index in [1.165, 1.54) is 0 Å². The minimum atomic E-state index is 0.361. The summed E-state index contributed by atoms with van der Waals surface area (Å²) in [6.45, 7) is 0. The Morgan fingerprint density at radius 3 is 2.76 bits per heavy atom. The number of aliphatic imine (C=N–C) groups is 1. The zero-order valence-corrected chi connectivity index (χ0v) is 15.0. The largest absolute Gasteiger partial charge is 0.369 e. The fourth-order valence-electron chi connectivity index (χ4n) is 1.70. The molecule has 0 aromatic heterocycles. The van der Waals surface area contributed by atoms with Gasteiger partial charge in [0.05, 0.1) is 10.7 Å². The molecule has 0 saturated carbocycles. The number of hydrogen-bond acceptors (Lipinski definition) is 2. The van der Waals surface area contributed by atoms with Gasteiger partial charge in [0.1, 0.15) is 0 Å². The van der Waals surface area contributed by atoms with Crippen LogP contribution >= 0.6 is 46.4 Å². The van der Waals surface area contributed by atoms with Crippen molar-refractivity contribution in [2.24, 2.45) is 10.7 Å². The second-order valence-corrected chi connectivity index (χ2v) is 6.23. The first-order valence-corrected chi connectivity index (χ1v) is 8.02. The van der Waals surface area contributed by atoms with Gasteiger partial charge in [-0.15, -0.1) is 0 Å². The van der Waals surface area contributed by atoms with E-state index in [0.717, 1.165) is 14.8 Å². The molecule has 2 rings (SSSR count). The van der Waals surface area contributed by atoms with Gasteiger partial charge in [-0.05, 0) is 58.5 Å². The van der Waals surface area contributed by atoms with E-state index in [4.69, 9.17) is 29.6 Å². The van der Waals surface area contributed by atoms with Crippen LogP contribution in [0.5, 0.6) is 0 Å². The van der Waals surface area contributed by atoms with Crippen molar-refractivity contribution < 1.29 is 0 Å². The number of halogens is 2. The van der Waals surface area contributed by atoms with Crippen molar-refractivity contribution in [3.05, 3.63) is 56.6 Å². The van der Waals surface area contributed by atoms with E-state index in [-0.39, 0.29) is 0 Å². The Balaban J connectivity index is 2.34. The van der Waals surface area contributed by atoms with Crippen LogP contribution in [0.1, 0.15) is 5.56 Å². The van der Waals surface area contributed by atoms with Gasteiger partial charge < -0.3 is 10.6 Å². The average Bonchev–Trinajstić information content (AvgIpc) is 2.48. The highest BCUT2D eigenvalue weighted by molar-refractivity contribution is 14.1. The molecule has 21 heavy (non-hydrogen) atoms. The smallest absolute Gasteiger partial charge is 0.200 e. The van der Waals surface area contributed by atoms with Gasteiger partial charge >= 0.3 is 0 Å². The molecule has 0 unspecified atom stereocenters. The predicted octanol–water partition coefficient (Wildman–Crippen LogP) is 4.38. The van der Waals surface area contributed by atoms with Crippen LogP contribution in [0.15, 0.2) is 47.5 Å². The van der Waals surface area contributed by atoms with Crippen molar-refractivity contribution in [1.29, 1.82) is 0 Å². The van der Waals surface area contributed by atoms with E-state index in [9.17, 15) is 0 Å². The summed E-state index contributed by atoms with van der Waals surface area (Å²) >= 11 is 13.3. The number of benzene rings is 2. The lowest BCUT2D eigenvalue weighted by molar-refractivity contribution is 1.22. The summed E-state index contributed by atoms with van der Waals surface area (Å²) in [4.78, 5) is 6.20. The van der Waals surface area contributed by atoms with Crippen LogP contribution < -0.4 is 10.6 Å². The van der Waals surface area contributed by atoms with Crippen LogP contribution in [0.25, 0.3) is 0 Å². The molecule has 0 aliphatic rings. The van der Waals surface area contributed by atoms with E-state index in [1.807, 2.05) is 48.3 Å². The zero-order chi connectivity index (χ0) is 15.4. The third-order valence-corrected chi connectivity index (χ3v) is 4.14. The Morgan fingerprint density at radius 2 is 2.10 bits per heavy atom. The van der Waals surface area contributed by atoms with Crippen molar-refractivity contribution in [2.75, 3.05) is 11.9 Å². The Labute approximate surface area is 148 Å². The fraction of sp³-hybridized carbons (Fsp3) is 0.0667. The monoisotopic (exact) mass is 429 g/mol. The molecule has 0 fully saturated rings. The second-order valence-electron chi connectivity index (χ2n) is 4.34. The van der Waals surface area contributed by atoms with Gasteiger partial charge in [-0.2, -0.15) is 0 Å². The Kier molecular flexibility index (Phi) is 5.55. The Bertz CT molecular complexity index is 703. The summed E-state index contributed by atoms with van der Waals surface area (Å²) in [6, 6.07) is 13.4. The third kappa shape index (κ3) is 4.15. The van der Waals surface area contributed by atoms with Crippen molar-refractivity contribution in [3.8, 4) is 0 Å². The maximum atomic E-state index is 6.14. The fourth-order valence-corrected chi connectivity index (χ4v) is 2.54. The van der Waals surface area contributed by atoms with E-state index in [1.54, 1.807) is 11.4 Å². The molecule has 108 valence electrons. The summed E-state index contributed by atoms with van der Waals surface area (Å²) in [6.07, 6.45) is 0. The van der Waals surface area contributed by atoms with E-state index >= 15 is 0 Å². The zero-order valence-electron chi connectivity index (χ0n) is 11.3. The maximum Gasteiger partial charge on any atom is 0.200 e. The highest BCUT2D eigenvalue weighted by atomic mass is 127.